The van der Waals surface area contributed by atoms with Crippen molar-refractivity contribution in [2.24, 2.45) is 11.7 Å². The Bertz CT molecular complexity index is 1530. The van der Waals surface area contributed by atoms with E-state index in [1.54, 1.807) is 21.7 Å². The molecule has 0 bridgehead atoms. The van der Waals surface area contributed by atoms with Crippen LogP contribution in [-0.4, -0.2) is 55.3 Å². The molecule has 1 amide bonds. The summed E-state index contributed by atoms with van der Waals surface area (Å²) < 4.78 is 44.0. The standard InChI is InChI=1S/C28H31F3N6O/c1-16-23-10-8-20(27(38)35-11-3-4-21(32)15-35)14-37(23)34-25(16)24-12-19-7-9-22(17(2)28(29,30)31)33-26(19)36(24)13-18-5-6-18/h7-10,12,14,17-18,21H,3-6,11,13,15,32H2,1-2H3/t17?,21-/m1/s1. The van der Waals surface area contributed by atoms with Crippen LogP contribution in [0.25, 0.3) is 27.9 Å². The molecular formula is C28H31F3N6O. The van der Waals surface area contributed by atoms with E-state index in [1.807, 2.05) is 29.7 Å². The average molecular weight is 525 g/mol. The molecule has 2 fully saturated rings. The minimum absolute atomic E-state index is 0.00314. The lowest BCUT2D eigenvalue weighted by atomic mass is 10.1. The number of pyridine rings is 2. The number of aromatic nitrogens is 4. The predicted octanol–water partition coefficient (Wildman–Crippen LogP) is 5.30. The van der Waals surface area contributed by atoms with E-state index >= 15 is 0 Å². The van der Waals surface area contributed by atoms with Crippen molar-refractivity contribution >= 4 is 22.5 Å². The number of carbonyl (C=O) groups excluding carboxylic acids is 1. The topological polar surface area (TPSA) is 81.5 Å². The molecule has 2 atom stereocenters. The number of fused-ring (bicyclic) bond motifs is 2. The van der Waals surface area contributed by atoms with Gasteiger partial charge in [0, 0.05) is 42.8 Å². The smallest absolute Gasteiger partial charge is 0.337 e. The van der Waals surface area contributed by atoms with E-state index in [9.17, 15) is 18.0 Å². The van der Waals surface area contributed by atoms with Gasteiger partial charge in [-0.1, -0.05) is 0 Å². The Labute approximate surface area is 218 Å². The predicted molar refractivity (Wildman–Crippen MR) is 139 cm³/mol. The van der Waals surface area contributed by atoms with Gasteiger partial charge in [0.15, 0.2) is 0 Å². The fourth-order valence-corrected chi connectivity index (χ4v) is 5.41. The fourth-order valence-electron chi connectivity index (χ4n) is 5.41. The molecule has 1 saturated carbocycles. The fraction of sp³-hybridized carbons (Fsp3) is 0.464. The first-order valence-corrected chi connectivity index (χ1v) is 13.2. The molecule has 10 heteroatoms. The maximum Gasteiger partial charge on any atom is 0.396 e. The van der Waals surface area contributed by atoms with Gasteiger partial charge in [0.1, 0.15) is 11.3 Å². The third-order valence-corrected chi connectivity index (χ3v) is 7.95. The number of carbonyl (C=O) groups is 1. The van der Waals surface area contributed by atoms with Crippen LogP contribution >= 0.6 is 0 Å². The molecule has 200 valence electrons. The maximum absolute atomic E-state index is 13.4. The van der Waals surface area contributed by atoms with Gasteiger partial charge in [0.05, 0.1) is 28.4 Å². The second-order valence-electron chi connectivity index (χ2n) is 10.9. The lowest BCUT2D eigenvalue weighted by molar-refractivity contribution is -0.147. The van der Waals surface area contributed by atoms with E-state index in [0.717, 1.165) is 60.5 Å². The van der Waals surface area contributed by atoms with Gasteiger partial charge >= 0.3 is 6.18 Å². The first kappa shape index (κ1) is 24.9. The van der Waals surface area contributed by atoms with Crippen LogP contribution in [0, 0.1) is 12.8 Å². The van der Waals surface area contributed by atoms with E-state index in [-0.39, 0.29) is 17.6 Å². The largest absolute Gasteiger partial charge is 0.396 e. The molecule has 5 heterocycles. The highest BCUT2D eigenvalue weighted by Gasteiger charge is 2.38. The Hall–Kier alpha value is -3.40. The molecule has 0 spiro atoms. The van der Waals surface area contributed by atoms with Gasteiger partial charge in [-0.05, 0) is 75.8 Å². The van der Waals surface area contributed by atoms with E-state index < -0.39 is 12.1 Å². The first-order valence-electron chi connectivity index (χ1n) is 13.2. The lowest BCUT2D eigenvalue weighted by Crippen LogP contribution is -2.45. The monoisotopic (exact) mass is 524 g/mol. The van der Waals surface area contributed by atoms with Crippen LogP contribution in [0.2, 0.25) is 0 Å². The average Bonchev–Trinajstić information content (AvgIpc) is 3.56. The number of halogens is 3. The number of amides is 1. The van der Waals surface area contributed by atoms with E-state index in [2.05, 4.69) is 4.98 Å². The zero-order chi connectivity index (χ0) is 26.8. The van der Waals surface area contributed by atoms with Crippen LogP contribution in [0.4, 0.5) is 13.2 Å². The molecule has 1 aliphatic carbocycles. The summed E-state index contributed by atoms with van der Waals surface area (Å²) >= 11 is 0. The van der Waals surface area contributed by atoms with Crippen molar-refractivity contribution in [3.8, 4) is 11.4 Å². The molecule has 4 aromatic heterocycles. The molecular weight excluding hydrogens is 493 g/mol. The van der Waals surface area contributed by atoms with Crippen LogP contribution in [-0.2, 0) is 6.54 Å². The van der Waals surface area contributed by atoms with E-state index in [4.69, 9.17) is 10.8 Å². The summed E-state index contributed by atoms with van der Waals surface area (Å²) in [5, 5.41) is 5.64. The van der Waals surface area contributed by atoms with Crippen molar-refractivity contribution < 1.29 is 18.0 Å². The molecule has 2 aliphatic rings. The highest BCUT2D eigenvalue weighted by Crippen LogP contribution is 2.38. The summed E-state index contributed by atoms with van der Waals surface area (Å²) in [4.78, 5) is 19.4. The van der Waals surface area contributed by atoms with Crippen molar-refractivity contribution in [3.63, 3.8) is 0 Å². The van der Waals surface area contributed by atoms with Crippen LogP contribution < -0.4 is 5.73 Å². The van der Waals surface area contributed by atoms with Gasteiger partial charge in [-0.15, -0.1) is 0 Å². The third kappa shape index (κ3) is 4.44. The summed E-state index contributed by atoms with van der Waals surface area (Å²) in [5.41, 5.74) is 10.6. The normalized spacial score (nSPS) is 19.4. The Kier molecular flexibility index (Phi) is 5.97. The third-order valence-electron chi connectivity index (χ3n) is 7.95. The second kappa shape index (κ2) is 9.11. The van der Waals surface area contributed by atoms with Gasteiger partial charge in [0.2, 0.25) is 0 Å². The van der Waals surface area contributed by atoms with Crippen LogP contribution in [0.15, 0.2) is 36.5 Å². The Morgan fingerprint density at radius 1 is 1.18 bits per heavy atom. The number of hydrogen-bond donors (Lipinski definition) is 1. The van der Waals surface area contributed by atoms with Crippen molar-refractivity contribution in [3.05, 3.63) is 53.3 Å². The molecule has 1 aliphatic heterocycles. The highest BCUT2D eigenvalue weighted by molar-refractivity contribution is 5.94. The number of hydrogen-bond acceptors (Lipinski definition) is 4. The minimum atomic E-state index is -4.36. The van der Waals surface area contributed by atoms with Gasteiger partial charge in [-0.25, -0.2) is 9.50 Å². The van der Waals surface area contributed by atoms with Crippen LogP contribution in [0.1, 0.15) is 60.1 Å². The van der Waals surface area contributed by atoms with Crippen LogP contribution in [0.3, 0.4) is 0 Å². The summed E-state index contributed by atoms with van der Waals surface area (Å²) in [6, 6.07) is 8.87. The Morgan fingerprint density at radius 2 is 1.97 bits per heavy atom. The second-order valence-corrected chi connectivity index (χ2v) is 10.9. The summed E-state index contributed by atoms with van der Waals surface area (Å²) in [6.45, 7) is 5.04. The zero-order valence-corrected chi connectivity index (χ0v) is 21.5. The number of rotatable bonds is 5. The Balaban J connectivity index is 1.42. The SMILES string of the molecule is Cc1c(-c2cc3ccc(C(C)C(F)(F)F)nc3n2CC2CC2)nn2cc(C(=O)N3CCC[C@@H](N)C3)ccc12. The van der Waals surface area contributed by atoms with Gasteiger partial charge in [-0.3, -0.25) is 4.79 Å². The molecule has 0 radical (unpaired) electrons. The molecule has 1 saturated heterocycles. The first-order chi connectivity index (χ1) is 18.1. The molecule has 38 heavy (non-hydrogen) atoms. The number of piperidine rings is 1. The molecule has 0 aromatic carbocycles. The van der Waals surface area contributed by atoms with Crippen molar-refractivity contribution in [2.75, 3.05) is 13.1 Å². The molecule has 2 N–H and O–H groups in total. The quantitative estimate of drug-likeness (QED) is 0.384. The highest BCUT2D eigenvalue weighted by atomic mass is 19.4. The van der Waals surface area contributed by atoms with Gasteiger partial charge in [-0.2, -0.15) is 18.3 Å². The van der Waals surface area contributed by atoms with Crippen molar-refractivity contribution in [1.82, 2.24) is 24.1 Å². The molecule has 4 aromatic rings. The number of nitrogens with two attached hydrogens (primary N) is 1. The molecule has 1 unspecified atom stereocenters. The number of likely N-dealkylation sites (tertiary alicyclic amines) is 1. The molecule has 7 nitrogen and oxygen atoms in total. The minimum Gasteiger partial charge on any atom is -0.337 e. The number of aryl methyl sites for hydroxylation is 1. The maximum atomic E-state index is 13.4. The van der Waals surface area contributed by atoms with Crippen molar-refractivity contribution in [1.29, 1.82) is 0 Å². The molecule has 6 rings (SSSR count). The Morgan fingerprint density at radius 3 is 2.68 bits per heavy atom. The summed E-state index contributed by atoms with van der Waals surface area (Å²) in [5.74, 6) is -1.23. The van der Waals surface area contributed by atoms with Gasteiger partial charge in [0.25, 0.3) is 5.91 Å². The van der Waals surface area contributed by atoms with Gasteiger partial charge < -0.3 is 15.2 Å². The number of nitrogens with zero attached hydrogens (tertiary/aromatic N) is 5. The number of alkyl halides is 3. The summed E-state index contributed by atoms with van der Waals surface area (Å²) in [6.07, 6.45) is 1.39. The van der Waals surface area contributed by atoms with Crippen LogP contribution in [0.5, 0.6) is 0 Å². The summed E-state index contributed by atoms with van der Waals surface area (Å²) in [7, 11) is 0. The van der Waals surface area contributed by atoms with Crippen molar-refractivity contribution in [2.45, 2.75) is 64.2 Å². The lowest BCUT2D eigenvalue weighted by Gasteiger charge is -2.30. The zero-order valence-electron chi connectivity index (χ0n) is 21.5. The van der Waals surface area contributed by atoms with E-state index in [0.29, 0.717) is 36.8 Å². The van der Waals surface area contributed by atoms with E-state index in [1.165, 1.54) is 6.07 Å².